The van der Waals surface area contributed by atoms with Gasteiger partial charge in [0.1, 0.15) is 11.3 Å². The Labute approximate surface area is 137 Å². The lowest BCUT2D eigenvalue weighted by Gasteiger charge is -2.07. The minimum absolute atomic E-state index is 0.0385. The summed E-state index contributed by atoms with van der Waals surface area (Å²) in [6.07, 6.45) is 0.749. The van der Waals surface area contributed by atoms with Crippen LogP contribution in [-0.2, 0) is 6.42 Å². The Morgan fingerprint density at radius 1 is 1.22 bits per heavy atom. The van der Waals surface area contributed by atoms with Crippen molar-refractivity contribution in [3.05, 3.63) is 62.1 Å². The van der Waals surface area contributed by atoms with Gasteiger partial charge in [-0.05, 0) is 43.2 Å². The van der Waals surface area contributed by atoms with Gasteiger partial charge in [-0.3, -0.25) is 4.79 Å². The maximum Gasteiger partial charge on any atom is 0.336 e. The molecular formula is C18H16O4S. The largest absolute Gasteiger partial charge is 0.485 e. The lowest BCUT2D eigenvalue weighted by molar-refractivity contribution is 0.0925. The smallest absolute Gasteiger partial charge is 0.336 e. The van der Waals surface area contributed by atoms with Crippen molar-refractivity contribution in [2.45, 2.75) is 20.3 Å². The number of Topliss-reactive ketones (excluding diaryl/α,β-unsaturated/α-hetero) is 1. The Morgan fingerprint density at radius 2 is 2.04 bits per heavy atom. The predicted molar refractivity (Wildman–Crippen MR) is 90.7 cm³/mol. The second-order valence-electron chi connectivity index (χ2n) is 5.22. The van der Waals surface area contributed by atoms with E-state index < -0.39 is 0 Å². The fourth-order valence-electron chi connectivity index (χ4n) is 2.40. The molecule has 0 aliphatic heterocycles. The predicted octanol–water partition coefficient (Wildman–Crippen LogP) is 3.99. The number of fused-ring (bicyclic) bond motifs is 1. The highest BCUT2D eigenvalue weighted by Crippen LogP contribution is 2.23. The first-order chi connectivity index (χ1) is 11.1. The van der Waals surface area contributed by atoms with E-state index in [4.69, 9.17) is 9.15 Å². The molecule has 23 heavy (non-hydrogen) atoms. The molecular weight excluding hydrogens is 312 g/mol. The second kappa shape index (κ2) is 6.38. The molecule has 0 spiro atoms. The van der Waals surface area contributed by atoms with Gasteiger partial charge in [0, 0.05) is 22.4 Å². The monoisotopic (exact) mass is 328 g/mol. The average Bonchev–Trinajstić information content (AvgIpc) is 2.98. The van der Waals surface area contributed by atoms with Gasteiger partial charge in [-0.1, -0.05) is 6.92 Å². The van der Waals surface area contributed by atoms with Gasteiger partial charge in [0.15, 0.2) is 6.61 Å². The number of hydrogen-bond donors (Lipinski definition) is 0. The molecule has 118 valence electrons. The SMILES string of the molecule is CCc1cc(=O)oc2cc(OCC(=O)c3ccc(C)s3)ccc12. The van der Waals surface area contributed by atoms with E-state index in [1.54, 1.807) is 18.2 Å². The van der Waals surface area contributed by atoms with Crippen LogP contribution < -0.4 is 10.4 Å². The number of carbonyl (C=O) groups excluding carboxylic acids is 1. The lowest BCUT2D eigenvalue weighted by Crippen LogP contribution is -2.10. The molecule has 3 aromatic rings. The second-order valence-corrected chi connectivity index (χ2v) is 6.51. The van der Waals surface area contributed by atoms with Crippen molar-refractivity contribution >= 4 is 28.1 Å². The minimum atomic E-state index is -0.378. The molecule has 0 fully saturated rings. The van der Waals surface area contributed by atoms with Gasteiger partial charge >= 0.3 is 5.63 Å². The molecule has 3 rings (SSSR count). The molecule has 0 radical (unpaired) electrons. The quantitative estimate of drug-likeness (QED) is 0.525. The van der Waals surface area contributed by atoms with Crippen LogP contribution >= 0.6 is 11.3 Å². The van der Waals surface area contributed by atoms with Crippen LogP contribution in [0.4, 0.5) is 0 Å². The van der Waals surface area contributed by atoms with Gasteiger partial charge in [0.25, 0.3) is 0 Å². The van der Waals surface area contributed by atoms with E-state index in [2.05, 4.69) is 0 Å². The summed E-state index contributed by atoms with van der Waals surface area (Å²) >= 11 is 1.45. The van der Waals surface area contributed by atoms with E-state index in [9.17, 15) is 9.59 Å². The number of ether oxygens (including phenoxy) is 1. The van der Waals surface area contributed by atoms with Crippen LogP contribution in [0.25, 0.3) is 11.0 Å². The van der Waals surface area contributed by atoms with Crippen molar-refractivity contribution in [1.29, 1.82) is 0 Å². The number of ketones is 1. The molecule has 0 atom stereocenters. The van der Waals surface area contributed by atoms with Crippen LogP contribution in [0.5, 0.6) is 5.75 Å². The highest BCUT2D eigenvalue weighted by molar-refractivity contribution is 7.14. The number of carbonyl (C=O) groups is 1. The topological polar surface area (TPSA) is 56.5 Å². The zero-order chi connectivity index (χ0) is 16.4. The molecule has 1 aromatic carbocycles. The normalized spacial score (nSPS) is 10.9. The molecule has 2 heterocycles. The molecule has 5 heteroatoms. The molecule has 4 nitrogen and oxygen atoms in total. The summed E-state index contributed by atoms with van der Waals surface area (Å²) < 4.78 is 10.8. The Morgan fingerprint density at radius 3 is 2.74 bits per heavy atom. The van der Waals surface area contributed by atoms with E-state index in [-0.39, 0.29) is 18.0 Å². The van der Waals surface area contributed by atoms with E-state index >= 15 is 0 Å². The summed E-state index contributed by atoms with van der Waals surface area (Å²) in [6, 6.07) is 10.5. The average molecular weight is 328 g/mol. The van der Waals surface area contributed by atoms with Gasteiger partial charge < -0.3 is 9.15 Å². The molecule has 0 aliphatic rings. The molecule has 0 saturated heterocycles. The Kier molecular flexibility index (Phi) is 4.30. The van der Waals surface area contributed by atoms with Gasteiger partial charge in [0.2, 0.25) is 5.78 Å². The number of hydrogen-bond acceptors (Lipinski definition) is 5. The van der Waals surface area contributed by atoms with Crippen molar-refractivity contribution in [2.75, 3.05) is 6.61 Å². The zero-order valence-corrected chi connectivity index (χ0v) is 13.7. The zero-order valence-electron chi connectivity index (χ0n) is 12.9. The van der Waals surface area contributed by atoms with E-state index in [1.165, 1.54) is 17.4 Å². The van der Waals surface area contributed by atoms with Crippen LogP contribution in [0.1, 0.15) is 27.0 Å². The van der Waals surface area contributed by atoms with Crippen LogP contribution in [-0.4, -0.2) is 12.4 Å². The summed E-state index contributed by atoms with van der Waals surface area (Å²) in [5, 5.41) is 0.889. The van der Waals surface area contributed by atoms with Crippen molar-refractivity contribution < 1.29 is 13.9 Å². The number of benzene rings is 1. The van der Waals surface area contributed by atoms with Crippen LogP contribution in [0.3, 0.4) is 0 Å². The molecule has 0 aliphatic carbocycles. The van der Waals surface area contributed by atoms with Gasteiger partial charge in [-0.2, -0.15) is 0 Å². The van der Waals surface area contributed by atoms with Gasteiger partial charge in [-0.25, -0.2) is 4.79 Å². The van der Waals surface area contributed by atoms with Crippen molar-refractivity contribution in [2.24, 2.45) is 0 Å². The molecule has 0 amide bonds. The number of thiophene rings is 1. The van der Waals surface area contributed by atoms with E-state index in [0.29, 0.717) is 16.2 Å². The Hall–Kier alpha value is -2.40. The molecule has 0 saturated carbocycles. The first kappa shape index (κ1) is 15.5. The Balaban J connectivity index is 1.81. The fourth-order valence-corrected chi connectivity index (χ4v) is 3.19. The highest BCUT2D eigenvalue weighted by atomic mass is 32.1. The van der Waals surface area contributed by atoms with E-state index in [0.717, 1.165) is 22.2 Å². The van der Waals surface area contributed by atoms with Crippen LogP contribution in [0, 0.1) is 6.92 Å². The summed E-state index contributed by atoms with van der Waals surface area (Å²) in [5.74, 6) is 0.447. The van der Waals surface area contributed by atoms with Crippen LogP contribution in [0.15, 0.2) is 45.6 Å². The Bertz CT molecular complexity index is 920. The number of aryl methyl sites for hydroxylation is 2. The van der Waals surface area contributed by atoms with Crippen molar-refractivity contribution in [1.82, 2.24) is 0 Å². The summed E-state index contributed by atoms with van der Waals surface area (Å²) in [6.45, 7) is 3.91. The van der Waals surface area contributed by atoms with Gasteiger partial charge in [0.05, 0.1) is 4.88 Å². The van der Waals surface area contributed by atoms with E-state index in [1.807, 2.05) is 26.0 Å². The third-order valence-electron chi connectivity index (χ3n) is 3.57. The standard InChI is InChI=1S/C18H16O4S/c1-3-12-8-18(20)22-16-9-13(5-6-14(12)16)21-10-15(19)17-7-4-11(2)23-17/h4-9H,3,10H2,1-2H3. The number of rotatable bonds is 5. The highest BCUT2D eigenvalue weighted by Gasteiger charge is 2.10. The maximum atomic E-state index is 12.1. The summed E-state index contributed by atoms with van der Waals surface area (Å²) in [7, 11) is 0. The third-order valence-corrected chi connectivity index (χ3v) is 4.61. The molecule has 0 N–H and O–H groups in total. The molecule has 0 unspecified atom stereocenters. The summed E-state index contributed by atoms with van der Waals surface area (Å²) in [4.78, 5) is 25.4. The van der Waals surface area contributed by atoms with Crippen molar-refractivity contribution in [3.8, 4) is 5.75 Å². The molecule has 2 aromatic heterocycles. The maximum absolute atomic E-state index is 12.1. The fraction of sp³-hybridized carbons (Fsp3) is 0.222. The lowest BCUT2D eigenvalue weighted by atomic mass is 10.1. The first-order valence-corrected chi connectivity index (χ1v) is 8.17. The first-order valence-electron chi connectivity index (χ1n) is 7.36. The van der Waals surface area contributed by atoms with Crippen molar-refractivity contribution in [3.63, 3.8) is 0 Å². The van der Waals surface area contributed by atoms with Crippen LogP contribution in [0.2, 0.25) is 0 Å². The van der Waals surface area contributed by atoms with Gasteiger partial charge in [-0.15, -0.1) is 11.3 Å². The summed E-state index contributed by atoms with van der Waals surface area (Å²) in [5.41, 5.74) is 1.04. The minimum Gasteiger partial charge on any atom is -0.485 e. The molecule has 0 bridgehead atoms. The third kappa shape index (κ3) is 3.35.